The zero-order valence-electron chi connectivity index (χ0n) is 12.8. The number of piperidine rings is 1. The van der Waals surface area contributed by atoms with Gasteiger partial charge in [0.1, 0.15) is 0 Å². The van der Waals surface area contributed by atoms with Crippen molar-refractivity contribution in [3.05, 3.63) is 0 Å². The SMILES string of the molecule is O=C(C1CCCCCC1)N1CCCC(C2CCCN2)C1. The number of hydrogen-bond donors (Lipinski definition) is 1. The Morgan fingerprint density at radius 3 is 2.40 bits per heavy atom. The lowest BCUT2D eigenvalue weighted by molar-refractivity contribution is -0.138. The van der Waals surface area contributed by atoms with Gasteiger partial charge < -0.3 is 10.2 Å². The molecule has 114 valence electrons. The minimum absolute atomic E-state index is 0.341. The van der Waals surface area contributed by atoms with Crippen molar-refractivity contribution in [3.8, 4) is 0 Å². The normalized spacial score (nSPS) is 33.1. The standard InChI is InChI=1S/C17H30N2O/c20-17(14-7-3-1-2-4-8-14)19-12-6-9-15(13-19)16-10-5-11-18-16/h14-16,18H,1-13H2. The average molecular weight is 278 g/mol. The highest BCUT2D eigenvalue weighted by molar-refractivity contribution is 5.79. The summed E-state index contributed by atoms with van der Waals surface area (Å²) in [5.74, 6) is 1.53. The summed E-state index contributed by atoms with van der Waals surface area (Å²) in [6.07, 6.45) is 12.6. The molecule has 3 nitrogen and oxygen atoms in total. The van der Waals surface area contributed by atoms with E-state index in [1.807, 2.05) is 0 Å². The van der Waals surface area contributed by atoms with E-state index in [1.54, 1.807) is 0 Å². The van der Waals surface area contributed by atoms with Gasteiger partial charge in [-0.25, -0.2) is 0 Å². The van der Waals surface area contributed by atoms with Crippen LogP contribution in [-0.2, 0) is 4.79 Å². The van der Waals surface area contributed by atoms with Crippen LogP contribution in [0.15, 0.2) is 0 Å². The maximum Gasteiger partial charge on any atom is 0.225 e. The molecule has 2 heterocycles. The predicted molar refractivity (Wildman–Crippen MR) is 81.5 cm³/mol. The van der Waals surface area contributed by atoms with Crippen molar-refractivity contribution in [3.63, 3.8) is 0 Å². The van der Waals surface area contributed by atoms with Crippen LogP contribution in [0.25, 0.3) is 0 Å². The van der Waals surface area contributed by atoms with Crippen molar-refractivity contribution in [2.75, 3.05) is 19.6 Å². The summed E-state index contributed by atoms with van der Waals surface area (Å²) in [6, 6.07) is 0.680. The third kappa shape index (κ3) is 3.36. The fourth-order valence-electron chi connectivity index (χ4n) is 4.44. The quantitative estimate of drug-likeness (QED) is 0.788. The molecule has 0 bridgehead atoms. The first kappa shape index (κ1) is 14.4. The van der Waals surface area contributed by atoms with Crippen LogP contribution >= 0.6 is 0 Å². The Bertz CT molecular complexity index is 317. The number of amides is 1. The summed E-state index contributed by atoms with van der Waals surface area (Å²) >= 11 is 0. The molecule has 3 heteroatoms. The molecular formula is C17H30N2O. The van der Waals surface area contributed by atoms with Gasteiger partial charge in [-0.3, -0.25) is 4.79 Å². The third-order valence-corrected chi connectivity index (χ3v) is 5.64. The second-order valence-corrected chi connectivity index (χ2v) is 7.08. The fourth-order valence-corrected chi connectivity index (χ4v) is 4.44. The lowest BCUT2D eigenvalue weighted by Crippen LogP contribution is -2.47. The van der Waals surface area contributed by atoms with Gasteiger partial charge in [0, 0.05) is 25.0 Å². The van der Waals surface area contributed by atoms with Crippen molar-refractivity contribution in [2.45, 2.75) is 70.3 Å². The van der Waals surface area contributed by atoms with E-state index in [2.05, 4.69) is 10.2 Å². The number of nitrogens with zero attached hydrogens (tertiary/aromatic N) is 1. The summed E-state index contributed by atoms with van der Waals surface area (Å²) in [6.45, 7) is 3.21. The van der Waals surface area contributed by atoms with E-state index in [0.29, 0.717) is 23.8 Å². The van der Waals surface area contributed by atoms with Gasteiger partial charge in [0.15, 0.2) is 0 Å². The van der Waals surface area contributed by atoms with Gasteiger partial charge >= 0.3 is 0 Å². The monoisotopic (exact) mass is 278 g/mol. The molecule has 2 aliphatic heterocycles. The van der Waals surface area contributed by atoms with Crippen molar-refractivity contribution < 1.29 is 4.79 Å². The predicted octanol–water partition coefficient (Wildman–Crippen LogP) is 2.95. The van der Waals surface area contributed by atoms with E-state index < -0.39 is 0 Å². The van der Waals surface area contributed by atoms with Crippen molar-refractivity contribution >= 4 is 5.91 Å². The zero-order valence-corrected chi connectivity index (χ0v) is 12.8. The molecule has 1 amide bonds. The highest BCUT2D eigenvalue weighted by Gasteiger charge is 2.33. The smallest absolute Gasteiger partial charge is 0.225 e. The summed E-state index contributed by atoms with van der Waals surface area (Å²) in [7, 11) is 0. The maximum atomic E-state index is 12.8. The van der Waals surface area contributed by atoms with Crippen LogP contribution in [0.3, 0.4) is 0 Å². The van der Waals surface area contributed by atoms with Crippen LogP contribution in [0.2, 0.25) is 0 Å². The first-order valence-electron chi connectivity index (χ1n) is 8.87. The second kappa shape index (κ2) is 6.93. The van der Waals surface area contributed by atoms with Crippen LogP contribution in [0.1, 0.15) is 64.2 Å². The molecule has 1 aliphatic carbocycles. The van der Waals surface area contributed by atoms with Gasteiger partial charge in [0.05, 0.1) is 0 Å². The largest absolute Gasteiger partial charge is 0.342 e. The molecule has 20 heavy (non-hydrogen) atoms. The molecule has 3 aliphatic rings. The molecule has 0 radical (unpaired) electrons. The lowest BCUT2D eigenvalue weighted by Gasteiger charge is -2.37. The Kier molecular flexibility index (Phi) is 4.98. The second-order valence-electron chi connectivity index (χ2n) is 7.08. The molecule has 0 aromatic carbocycles. The molecule has 3 rings (SSSR count). The van der Waals surface area contributed by atoms with Crippen molar-refractivity contribution in [1.29, 1.82) is 0 Å². The molecule has 3 fully saturated rings. The Labute approximate surface area is 123 Å². The van der Waals surface area contributed by atoms with E-state index in [0.717, 1.165) is 25.9 Å². The van der Waals surface area contributed by atoms with Crippen LogP contribution in [0.4, 0.5) is 0 Å². The molecule has 0 aromatic heterocycles. The van der Waals surface area contributed by atoms with Gasteiger partial charge in [-0.2, -0.15) is 0 Å². The van der Waals surface area contributed by atoms with Crippen LogP contribution in [0, 0.1) is 11.8 Å². The topological polar surface area (TPSA) is 32.3 Å². The van der Waals surface area contributed by atoms with Gasteiger partial charge in [-0.15, -0.1) is 0 Å². The zero-order chi connectivity index (χ0) is 13.8. The first-order valence-corrected chi connectivity index (χ1v) is 8.87. The molecule has 0 aromatic rings. The first-order chi connectivity index (χ1) is 9.84. The summed E-state index contributed by atoms with van der Waals surface area (Å²) in [4.78, 5) is 15.0. The minimum atomic E-state index is 0.341. The highest BCUT2D eigenvalue weighted by atomic mass is 16.2. The minimum Gasteiger partial charge on any atom is -0.342 e. The van der Waals surface area contributed by atoms with Gasteiger partial charge in [-0.1, -0.05) is 25.7 Å². The highest BCUT2D eigenvalue weighted by Crippen LogP contribution is 2.29. The number of nitrogens with one attached hydrogen (secondary N) is 1. The summed E-state index contributed by atoms with van der Waals surface area (Å²) in [5, 5.41) is 3.64. The average Bonchev–Trinajstić information content (AvgIpc) is 2.89. The summed E-state index contributed by atoms with van der Waals surface area (Å²) in [5.41, 5.74) is 0. The fraction of sp³-hybridized carbons (Fsp3) is 0.941. The molecule has 2 saturated heterocycles. The maximum absolute atomic E-state index is 12.8. The van der Waals surface area contributed by atoms with E-state index >= 15 is 0 Å². The Hall–Kier alpha value is -0.570. The number of likely N-dealkylation sites (tertiary alicyclic amines) is 1. The molecule has 2 unspecified atom stereocenters. The molecule has 0 spiro atoms. The van der Waals surface area contributed by atoms with Crippen molar-refractivity contribution in [1.82, 2.24) is 10.2 Å². The number of carbonyl (C=O) groups is 1. The third-order valence-electron chi connectivity index (χ3n) is 5.64. The van der Waals surface area contributed by atoms with E-state index in [1.165, 1.54) is 57.9 Å². The number of hydrogen-bond acceptors (Lipinski definition) is 2. The Balaban J connectivity index is 1.56. The van der Waals surface area contributed by atoms with E-state index in [4.69, 9.17) is 0 Å². The molecular weight excluding hydrogens is 248 g/mol. The van der Waals surface area contributed by atoms with Gasteiger partial charge in [0.25, 0.3) is 0 Å². The number of rotatable bonds is 2. The lowest BCUT2D eigenvalue weighted by atomic mass is 9.88. The number of carbonyl (C=O) groups excluding carboxylic acids is 1. The molecule has 1 saturated carbocycles. The van der Waals surface area contributed by atoms with Crippen LogP contribution in [-0.4, -0.2) is 36.5 Å². The van der Waals surface area contributed by atoms with E-state index in [-0.39, 0.29) is 0 Å². The van der Waals surface area contributed by atoms with Gasteiger partial charge in [0.2, 0.25) is 5.91 Å². The van der Waals surface area contributed by atoms with Crippen molar-refractivity contribution in [2.24, 2.45) is 11.8 Å². The summed E-state index contributed by atoms with van der Waals surface area (Å²) < 4.78 is 0. The van der Waals surface area contributed by atoms with E-state index in [9.17, 15) is 4.79 Å². The Morgan fingerprint density at radius 2 is 1.70 bits per heavy atom. The molecule has 2 atom stereocenters. The van der Waals surface area contributed by atoms with Crippen LogP contribution < -0.4 is 5.32 Å². The molecule has 1 N–H and O–H groups in total. The van der Waals surface area contributed by atoms with Crippen LogP contribution in [0.5, 0.6) is 0 Å². The Morgan fingerprint density at radius 1 is 0.900 bits per heavy atom. The van der Waals surface area contributed by atoms with Gasteiger partial charge in [-0.05, 0) is 51.0 Å².